The van der Waals surface area contributed by atoms with E-state index in [1.54, 1.807) is 0 Å². The molecule has 15 heavy (non-hydrogen) atoms. The zero-order valence-electron chi connectivity index (χ0n) is 9.64. The number of hydrogen-bond donors (Lipinski definition) is 1. The number of ketones is 1. The van der Waals surface area contributed by atoms with Crippen LogP contribution in [0, 0.1) is 11.8 Å². The van der Waals surface area contributed by atoms with Gasteiger partial charge in [0.1, 0.15) is 5.78 Å². The minimum Gasteiger partial charge on any atom is -0.314 e. The van der Waals surface area contributed by atoms with Gasteiger partial charge in [0.2, 0.25) is 0 Å². The molecule has 0 aliphatic carbocycles. The van der Waals surface area contributed by atoms with Crippen LogP contribution in [0.25, 0.3) is 0 Å². The van der Waals surface area contributed by atoms with Crippen LogP contribution >= 0.6 is 0 Å². The van der Waals surface area contributed by atoms with Crippen molar-refractivity contribution in [1.29, 1.82) is 0 Å². The molecule has 0 amide bonds. The standard InChI is InChI=1S/C13H21NO/c1-2-3-4-8-13(15)10-9-12-7-5-6-11-14-12/h12,14H,4-11H2,1H3. The summed E-state index contributed by atoms with van der Waals surface area (Å²) < 4.78 is 0. The molecule has 1 heterocycles. The third kappa shape index (κ3) is 5.59. The highest BCUT2D eigenvalue weighted by Gasteiger charge is 2.13. The molecule has 84 valence electrons. The molecule has 1 atom stereocenters. The Balaban J connectivity index is 2.06. The van der Waals surface area contributed by atoms with Crippen molar-refractivity contribution in [3.8, 4) is 11.8 Å². The highest BCUT2D eigenvalue weighted by Crippen LogP contribution is 2.12. The molecule has 1 aliphatic rings. The van der Waals surface area contributed by atoms with Crippen molar-refractivity contribution in [2.75, 3.05) is 6.54 Å². The monoisotopic (exact) mass is 207 g/mol. The van der Waals surface area contributed by atoms with E-state index < -0.39 is 0 Å². The van der Waals surface area contributed by atoms with Crippen LogP contribution in [0.3, 0.4) is 0 Å². The Kier molecular flexibility index (Phi) is 6.11. The molecule has 0 spiro atoms. The number of hydrogen-bond acceptors (Lipinski definition) is 2. The Bertz CT molecular complexity index is 243. The van der Waals surface area contributed by atoms with Crippen molar-refractivity contribution in [3.05, 3.63) is 0 Å². The summed E-state index contributed by atoms with van der Waals surface area (Å²) in [6.07, 6.45) is 6.94. The van der Waals surface area contributed by atoms with Crippen molar-refractivity contribution in [1.82, 2.24) is 5.32 Å². The number of Topliss-reactive ketones (excluding diaryl/α,β-unsaturated/α-hetero) is 1. The van der Waals surface area contributed by atoms with Gasteiger partial charge in [-0.25, -0.2) is 0 Å². The fourth-order valence-electron chi connectivity index (χ4n) is 1.96. The largest absolute Gasteiger partial charge is 0.314 e. The third-order valence-electron chi connectivity index (χ3n) is 2.89. The quantitative estimate of drug-likeness (QED) is 0.701. The molecule has 0 aromatic rings. The van der Waals surface area contributed by atoms with E-state index in [4.69, 9.17) is 0 Å². The number of nitrogens with one attached hydrogen (secondary N) is 1. The fourth-order valence-corrected chi connectivity index (χ4v) is 1.96. The van der Waals surface area contributed by atoms with Crippen molar-refractivity contribution in [2.45, 2.75) is 57.9 Å². The zero-order chi connectivity index (χ0) is 10.9. The summed E-state index contributed by atoms with van der Waals surface area (Å²) >= 11 is 0. The average molecular weight is 207 g/mol. The fraction of sp³-hybridized carbons (Fsp3) is 0.769. The molecular weight excluding hydrogens is 186 g/mol. The summed E-state index contributed by atoms with van der Waals surface area (Å²) in [7, 11) is 0. The van der Waals surface area contributed by atoms with E-state index in [-0.39, 0.29) is 0 Å². The van der Waals surface area contributed by atoms with Crippen LogP contribution in [-0.4, -0.2) is 18.4 Å². The number of rotatable bonds is 5. The molecule has 2 heteroatoms. The smallest absolute Gasteiger partial charge is 0.133 e. The number of carbonyl (C=O) groups excluding carboxylic acids is 1. The molecule has 0 aromatic carbocycles. The summed E-state index contributed by atoms with van der Waals surface area (Å²) in [4.78, 5) is 11.5. The maximum absolute atomic E-state index is 11.5. The van der Waals surface area contributed by atoms with Gasteiger partial charge in [0.05, 0.1) is 0 Å². The molecule has 0 saturated carbocycles. The highest BCUT2D eigenvalue weighted by molar-refractivity contribution is 5.78. The Morgan fingerprint density at radius 1 is 1.40 bits per heavy atom. The second-order valence-corrected chi connectivity index (χ2v) is 4.15. The second kappa shape index (κ2) is 7.48. The Hall–Kier alpha value is -0.810. The van der Waals surface area contributed by atoms with Gasteiger partial charge in [0.25, 0.3) is 0 Å². The lowest BCUT2D eigenvalue weighted by Gasteiger charge is -2.22. The van der Waals surface area contributed by atoms with E-state index in [1.807, 2.05) is 6.92 Å². The van der Waals surface area contributed by atoms with Crippen LogP contribution in [0.15, 0.2) is 0 Å². The van der Waals surface area contributed by atoms with Crippen molar-refractivity contribution in [2.24, 2.45) is 0 Å². The van der Waals surface area contributed by atoms with E-state index in [0.717, 1.165) is 25.8 Å². The summed E-state index contributed by atoms with van der Waals surface area (Å²) in [6, 6.07) is 0.583. The molecule has 1 fully saturated rings. The van der Waals surface area contributed by atoms with Crippen LogP contribution < -0.4 is 5.32 Å². The lowest BCUT2D eigenvalue weighted by atomic mass is 9.98. The third-order valence-corrected chi connectivity index (χ3v) is 2.89. The van der Waals surface area contributed by atoms with Gasteiger partial charge in [-0.2, -0.15) is 0 Å². The molecule has 1 aliphatic heterocycles. The molecule has 1 saturated heterocycles. The van der Waals surface area contributed by atoms with Crippen molar-refractivity contribution in [3.63, 3.8) is 0 Å². The molecule has 2 nitrogen and oxygen atoms in total. The molecular formula is C13H21NO. The lowest BCUT2D eigenvalue weighted by molar-refractivity contribution is -0.119. The first-order chi connectivity index (χ1) is 7.33. The Morgan fingerprint density at radius 3 is 2.93 bits per heavy atom. The van der Waals surface area contributed by atoms with Gasteiger partial charge in [0, 0.05) is 25.3 Å². The molecule has 1 N–H and O–H groups in total. The van der Waals surface area contributed by atoms with Gasteiger partial charge in [-0.3, -0.25) is 4.79 Å². The summed E-state index contributed by atoms with van der Waals surface area (Å²) in [5, 5.41) is 3.46. The van der Waals surface area contributed by atoms with Gasteiger partial charge >= 0.3 is 0 Å². The summed E-state index contributed by atoms with van der Waals surface area (Å²) in [5.74, 6) is 6.11. The molecule has 0 aromatic heterocycles. The lowest BCUT2D eigenvalue weighted by Crippen LogP contribution is -2.34. The molecule has 0 radical (unpaired) electrons. The predicted molar refractivity (Wildman–Crippen MR) is 62.6 cm³/mol. The minimum atomic E-state index is 0.366. The Labute approximate surface area is 92.8 Å². The van der Waals surface area contributed by atoms with Crippen LogP contribution in [0.2, 0.25) is 0 Å². The predicted octanol–water partition coefficient (Wildman–Crippen LogP) is 2.28. The molecule has 0 bridgehead atoms. The maximum atomic E-state index is 11.5. The van der Waals surface area contributed by atoms with Gasteiger partial charge < -0.3 is 5.32 Å². The summed E-state index contributed by atoms with van der Waals surface area (Å²) in [6.45, 7) is 2.94. The van der Waals surface area contributed by atoms with E-state index in [9.17, 15) is 4.79 Å². The first-order valence-corrected chi connectivity index (χ1v) is 5.97. The highest BCUT2D eigenvalue weighted by atomic mass is 16.1. The van der Waals surface area contributed by atoms with Gasteiger partial charge in [0.15, 0.2) is 0 Å². The van der Waals surface area contributed by atoms with E-state index in [2.05, 4.69) is 17.2 Å². The Morgan fingerprint density at radius 2 is 2.27 bits per heavy atom. The van der Waals surface area contributed by atoms with Gasteiger partial charge in [-0.1, -0.05) is 6.42 Å². The second-order valence-electron chi connectivity index (χ2n) is 4.15. The van der Waals surface area contributed by atoms with Crippen LogP contribution in [0.1, 0.15) is 51.9 Å². The first kappa shape index (κ1) is 12.3. The normalized spacial score (nSPS) is 20.5. The van der Waals surface area contributed by atoms with E-state index in [1.165, 1.54) is 19.3 Å². The van der Waals surface area contributed by atoms with Crippen LogP contribution in [-0.2, 0) is 4.79 Å². The molecule has 1 rings (SSSR count). The van der Waals surface area contributed by atoms with Crippen molar-refractivity contribution >= 4 is 5.78 Å². The van der Waals surface area contributed by atoms with Crippen LogP contribution in [0.5, 0.6) is 0 Å². The van der Waals surface area contributed by atoms with Crippen LogP contribution in [0.4, 0.5) is 0 Å². The topological polar surface area (TPSA) is 29.1 Å². The van der Waals surface area contributed by atoms with Crippen molar-refractivity contribution < 1.29 is 4.79 Å². The zero-order valence-corrected chi connectivity index (χ0v) is 9.64. The minimum absolute atomic E-state index is 0.366. The number of carbonyl (C=O) groups is 1. The summed E-state index contributed by atoms with van der Waals surface area (Å²) in [5.41, 5.74) is 0. The maximum Gasteiger partial charge on any atom is 0.133 e. The van der Waals surface area contributed by atoms with Gasteiger partial charge in [-0.15, -0.1) is 11.8 Å². The SMILES string of the molecule is CC#CCCC(=O)CCC1CCCCN1. The van der Waals surface area contributed by atoms with Gasteiger partial charge in [-0.05, 0) is 32.7 Å². The number of piperidine rings is 1. The first-order valence-electron chi connectivity index (χ1n) is 5.97. The van der Waals surface area contributed by atoms with E-state index >= 15 is 0 Å². The van der Waals surface area contributed by atoms with E-state index in [0.29, 0.717) is 18.2 Å². The molecule has 1 unspecified atom stereocenters. The average Bonchev–Trinajstić information content (AvgIpc) is 2.28.